The molecule has 3 rings (SSSR count). The zero-order chi connectivity index (χ0) is 84.7. The molecule has 114 heavy (non-hydrogen) atoms. The summed E-state index contributed by atoms with van der Waals surface area (Å²) in [5.74, 6) is -10.1. The van der Waals surface area contributed by atoms with E-state index in [-0.39, 0.29) is 162 Å². The fraction of sp³-hybridized carbons (Fsp3) is 0.610. The average Bonchev–Trinajstić information content (AvgIpc) is 0.863. The predicted molar refractivity (Wildman–Crippen MR) is 433 cm³/mol. The third-order valence-electron chi connectivity index (χ3n) is 18.9. The Balaban J connectivity index is 2.04. The molecule has 0 bridgehead atoms. The highest BCUT2D eigenvalue weighted by Crippen LogP contribution is 2.17. The number of amides is 11. The third kappa shape index (κ3) is 38.8. The lowest BCUT2D eigenvalue weighted by Crippen LogP contribution is -2.60. The molecule has 0 heterocycles. The second-order valence-corrected chi connectivity index (χ2v) is 29.5. The van der Waals surface area contributed by atoms with Crippen molar-refractivity contribution in [1.82, 2.24) is 58.5 Å². The zero-order valence-corrected chi connectivity index (χ0v) is 66.5. The van der Waals surface area contributed by atoms with Crippen LogP contribution in [-0.2, 0) is 54.4 Å². The van der Waals surface area contributed by atoms with Crippen LogP contribution < -0.4 is 104 Å². The number of unbranched alkanes of at least 4 members (excludes halogenated alkanes) is 7. The SMILES string of the molecule is CC(C)C[C@H](NC(=O)[C@H](CCCCN)NC(=O)[C@H](CCCCN)NC(=O)[C@H](CC(C)C)NC(=O)[C@H](CCCCN)NC(=O)[C@@H](N)CCCCN)C(=O)N[C@@H](CCCCN)C(=O)N[C@@H](CCCCNC(=O)c1ccc(B(O)O)cc1)C(=O)N[C@@H](CCCCNC(=O)c1ccc(B(O)O)cc1)C(=O)N[C@@H](Cc1ccc(O)cc1)C(=O)O. The van der Waals surface area contributed by atoms with Crippen LogP contribution >= 0.6 is 0 Å². The van der Waals surface area contributed by atoms with Gasteiger partial charge in [-0.05, 0) is 239 Å². The fourth-order valence-corrected chi connectivity index (χ4v) is 12.3. The molecule has 11 amide bonds. The predicted octanol–water partition coefficient (Wildman–Crippen LogP) is -2.99. The van der Waals surface area contributed by atoms with Crippen LogP contribution in [0.5, 0.6) is 5.75 Å². The molecule has 37 heteroatoms. The molecule has 10 atom stereocenters. The summed E-state index contributed by atoms with van der Waals surface area (Å²) in [4.78, 5) is 170. The molecule has 0 saturated carbocycles. The average molecular weight is 1600 g/mol. The van der Waals surface area contributed by atoms with Gasteiger partial charge in [0.25, 0.3) is 11.8 Å². The highest BCUT2D eigenvalue weighted by molar-refractivity contribution is 6.59. The summed E-state index contributed by atoms with van der Waals surface area (Å²) in [6.45, 7) is 8.74. The standard InChI is InChI=1S/C77H127B2N17O18/c1-48(2)45-63(94-72(104)57(20-6-13-39-81)88-68(100)56(85)19-5-12-38-80)75(107)92-58(21-7-14-40-82)69(101)89-60(23-9-16-42-84)73(105)95-64(46-49(3)4)76(108)93-59(22-8-15-41-83)70(102)90-61(24-10-17-43-86-66(98)51-28-32-53(33-29-51)78(111)112)71(103)91-62(74(106)96-65(77(109)110)47-50-26-36-55(97)37-27-50)25-11-18-44-87-67(99)52-30-34-54(35-31-52)79(113)114/h26-37,48-49,56-65,97,111-114H,5-25,38-47,80-85H2,1-4H3,(H,86,98)(H,87,99)(H,88,100)(H,89,101)(H,90,102)(H,91,103)(H,92,107)(H,93,108)(H,94,104)(H,95,105)(H,96,106)(H,109,110)/t56-,57-,58-,59-,60-,61-,62-,63-,64-,65-/m0/s1. The summed E-state index contributed by atoms with van der Waals surface area (Å²) >= 11 is 0. The zero-order valence-electron chi connectivity index (χ0n) is 66.5. The lowest BCUT2D eigenvalue weighted by molar-refractivity contribution is -0.142. The van der Waals surface area contributed by atoms with Gasteiger partial charge in [-0.15, -0.1) is 0 Å². The highest BCUT2D eigenvalue weighted by Gasteiger charge is 2.37. The minimum atomic E-state index is -1.77. The molecule has 0 aliphatic rings. The van der Waals surface area contributed by atoms with Crippen molar-refractivity contribution in [2.24, 2.45) is 46.2 Å². The fourth-order valence-electron chi connectivity index (χ4n) is 12.3. The number of carbonyl (C=O) groups excluding carboxylic acids is 11. The molecule has 0 spiro atoms. The van der Waals surface area contributed by atoms with Crippen molar-refractivity contribution in [3.8, 4) is 5.75 Å². The number of phenolic OH excluding ortho intramolecular Hbond substituents is 1. The quantitative estimate of drug-likeness (QED) is 0.0198. The van der Waals surface area contributed by atoms with Crippen molar-refractivity contribution in [2.75, 3.05) is 45.8 Å². The molecule has 3 aromatic carbocycles. The maximum Gasteiger partial charge on any atom is 0.488 e. The number of benzene rings is 3. The van der Waals surface area contributed by atoms with Gasteiger partial charge >= 0.3 is 20.2 Å². The number of nitrogens with one attached hydrogen (secondary N) is 11. The topological polar surface area (TPSA) is 615 Å². The summed E-state index contributed by atoms with van der Waals surface area (Å²) in [6, 6.07) is 3.47. The van der Waals surface area contributed by atoms with E-state index in [0.717, 1.165) is 0 Å². The highest BCUT2D eigenvalue weighted by atomic mass is 16.4. The second kappa shape index (κ2) is 55.4. The molecule has 0 aliphatic heterocycles. The minimum Gasteiger partial charge on any atom is -0.508 e. The number of aromatic hydroxyl groups is 1. The maximum atomic E-state index is 15.0. The van der Waals surface area contributed by atoms with Crippen molar-refractivity contribution in [1.29, 1.82) is 0 Å². The van der Waals surface area contributed by atoms with Crippen molar-refractivity contribution in [3.63, 3.8) is 0 Å². The smallest absolute Gasteiger partial charge is 0.488 e. The summed E-state index contributed by atoms with van der Waals surface area (Å²) in [5.41, 5.74) is 36.5. The normalized spacial score (nSPS) is 13.9. The maximum absolute atomic E-state index is 15.0. The Morgan fingerprint density at radius 1 is 0.333 bits per heavy atom. The van der Waals surface area contributed by atoms with Crippen molar-refractivity contribution in [3.05, 3.63) is 89.5 Å². The van der Waals surface area contributed by atoms with Gasteiger partial charge in [-0.25, -0.2) is 4.79 Å². The first-order chi connectivity index (χ1) is 54.4. The molecule has 634 valence electrons. The van der Waals surface area contributed by atoms with Crippen LogP contribution in [0.25, 0.3) is 0 Å². The van der Waals surface area contributed by atoms with Crippen molar-refractivity contribution >= 4 is 96.1 Å². The number of carboxylic acid groups (broad SMARTS) is 1. The Labute approximate surface area is 669 Å². The number of hydrogen-bond donors (Lipinski definition) is 23. The minimum absolute atomic E-state index is 0.00475. The number of carbonyl (C=O) groups is 12. The number of phenols is 1. The van der Waals surface area contributed by atoms with Gasteiger partial charge < -0.3 is 123 Å². The van der Waals surface area contributed by atoms with Crippen LogP contribution in [0.15, 0.2) is 72.8 Å². The van der Waals surface area contributed by atoms with Crippen LogP contribution in [0.2, 0.25) is 0 Å². The lowest BCUT2D eigenvalue weighted by Gasteiger charge is -2.29. The van der Waals surface area contributed by atoms with Crippen molar-refractivity contribution < 1.29 is 87.8 Å². The van der Waals surface area contributed by atoms with E-state index >= 15 is 4.79 Å². The van der Waals surface area contributed by atoms with Crippen LogP contribution in [0.4, 0.5) is 0 Å². The van der Waals surface area contributed by atoms with E-state index in [9.17, 15) is 83.0 Å². The van der Waals surface area contributed by atoms with Gasteiger partial charge in [0.15, 0.2) is 0 Å². The summed E-state index contributed by atoms with van der Waals surface area (Å²) < 4.78 is 0. The number of nitrogens with two attached hydrogens (primary N) is 6. The van der Waals surface area contributed by atoms with Gasteiger partial charge in [0, 0.05) is 30.6 Å². The van der Waals surface area contributed by atoms with Gasteiger partial charge in [-0.3, -0.25) is 52.7 Å². The van der Waals surface area contributed by atoms with E-state index in [1.807, 2.05) is 13.8 Å². The Hall–Kier alpha value is -9.17. The molecule has 0 radical (unpaired) electrons. The Bertz CT molecular complexity index is 3440. The molecular weight excluding hydrogens is 1470 g/mol. The third-order valence-corrected chi connectivity index (χ3v) is 18.9. The molecule has 3 aromatic rings. The summed E-state index contributed by atoms with van der Waals surface area (Å²) in [5, 5.41) is 88.6. The molecule has 0 unspecified atom stereocenters. The van der Waals surface area contributed by atoms with Crippen molar-refractivity contribution in [2.45, 2.75) is 242 Å². The first-order valence-corrected chi connectivity index (χ1v) is 39.8. The van der Waals surface area contributed by atoms with Gasteiger partial charge in [-0.1, -0.05) is 70.5 Å². The van der Waals surface area contributed by atoms with E-state index in [2.05, 4.69) is 58.5 Å². The van der Waals surface area contributed by atoms with Crippen LogP contribution in [0.3, 0.4) is 0 Å². The molecule has 29 N–H and O–H groups in total. The summed E-state index contributed by atoms with van der Waals surface area (Å²) in [7, 11) is -3.53. The van der Waals surface area contributed by atoms with Crippen LogP contribution in [0, 0.1) is 11.8 Å². The molecule has 0 fully saturated rings. The van der Waals surface area contributed by atoms with Crippen LogP contribution in [0.1, 0.15) is 202 Å². The Morgan fingerprint density at radius 2 is 0.588 bits per heavy atom. The first-order valence-electron chi connectivity index (χ1n) is 39.8. The monoisotopic (exact) mass is 1600 g/mol. The van der Waals surface area contributed by atoms with E-state index in [1.165, 1.54) is 72.8 Å². The van der Waals surface area contributed by atoms with E-state index in [1.54, 1.807) is 13.8 Å². The number of hydrogen-bond acceptors (Lipinski definition) is 23. The Kier molecular flexibility index (Phi) is 48.1. The lowest BCUT2D eigenvalue weighted by atomic mass is 9.80. The number of rotatable bonds is 59. The number of carboxylic acids is 1. The molecular formula is C77H127B2N17O18. The van der Waals surface area contributed by atoms with Gasteiger partial charge in [0.2, 0.25) is 53.2 Å². The van der Waals surface area contributed by atoms with E-state index in [0.29, 0.717) is 82.9 Å². The number of aliphatic carboxylic acids is 1. The van der Waals surface area contributed by atoms with Gasteiger partial charge in [-0.2, -0.15) is 0 Å². The van der Waals surface area contributed by atoms with Crippen LogP contribution in [-0.4, -0.2) is 222 Å². The largest absolute Gasteiger partial charge is 0.508 e. The van der Waals surface area contributed by atoms with E-state index in [4.69, 9.17) is 34.4 Å². The molecule has 0 aliphatic carbocycles. The molecule has 0 saturated heterocycles. The first kappa shape index (κ1) is 99.0. The second-order valence-electron chi connectivity index (χ2n) is 29.5. The summed E-state index contributed by atoms with van der Waals surface area (Å²) in [6.07, 6.45) is 5.16. The molecule has 35 nitrogen and oxygen atoms in total. The Morgan fingerprint density at radius 3 is 0.860 bits per heavy atom. The van der Waals surface area contributed by atoms with Gasteiger partial charge in [0.1, 0.15) is 60.1 Å². The van der Waals surface area contributed by atoms with Gasteiger partial charge in [0.05, 0.1) is 6.04 Å². The molecule has 0 aromatic heterocycles. The van der Waals surface area contributed by atoms with E-state index < -0.39 is 146 Å².